The number of Topliss-reactive ketones (excluding diaryl/α,β-unsaturated/α-hetero) is 1. The number of fused-ring (bicyclic) bond motifs is 1. The summed E-state index contributed by atoms with van der Waals surface area (Å²) in [6.45, 7) is -0.499. The van der Waals surface area contributed by atoms with Crippen molar-refractivity contribution in [2.24, 2.45) is 0 Å². The van der Waals surface area contributed by atoms with E-state index in [4.69, 9.17) is 31.0 Å². The van der Waals surface area contributed by atoms with Gasteiger partial charge in [0.25, 0.3) is 0 Å². The van der Waals surface area contributed by atoms with Crippen LogP contribution in [0.25, 0.3) is 33.5 Å². The fraction of sp³-hybridized carbons (Fsp3) is 0.0286. The van der Waals surface area contributed by atoms with Gasteiger partial charge in [0.15, 0.2) is 12.4 Å². The van der Waals surface area contributed by atoms with Crippen molar-refractivity contribution >= 4 is 40.1 Å². The van der Waals surface area contributed by atoms with E-state index >= 15 is 0 Å². The number of nitro groups is 1. The van der Waals surface area contributed by atoms with Gasteiger partial charge in [0.2, 0.25) is 5.75 Å². The van der Waals surface area contributed by atoms with Crippen molar-refractivity contribution in [2.45, 2.75) is 0 Å². The van der Waals surface area contributed by atoms with Crippen LogP contribution in [0.4, 0.5) is 5.69 Å². The van der Waals surface area contributed by atoms with Gasteiger partial charge in [0.05, 0.1) is 37.9 Å². The Morgan fingerprint density at radius 1 is 0.711 bits per heavy atom. The molecule has 0 aliphatic carbocycles. The lowest BCUT2D eigenvalue weighted by atomic mass is 10.0. The number of hydrogen-bond donors (Lipinski definition) is 0. The topological polar surface area (TPSA) is 122 Å². The molecule has 0 saturated heterocycles. The van der Waals surface area contributed by atoms with Crippen molar-refractivity contribution < 1.29 is 24.0 Å². The lowest BCUT2D eigenvalue weighted by molar-refractivity contribution is -0.385. The van der Waals surface area contributed by atoms with Gasteiger partial charge in [0.1, 0.15) is 5.75 Å². The highest BCUT2D eigenvalue weighted by Crippen LogP contribution is 2.38. The molecule has 1 aromatic heterocycles. The number of nitro benzene ring substituents is 1. The lowest BCUT2D eigenvalue weighted by Crippen LogP contribution is -2.14. The van der Waals surface area contributed by atoms with Gasteiger partial charge in [-0.3, -0.25) is 14.9 Å². The van der Waals surface area contributed by atoms with E-state index in [0.29, 0.717) is 16.7 Å². The maximum absolute atomic E-state index is 12.9. The number of halogens is 1. The molecule has 0 spiro atoms. The van der Waals surface area contributed by atoms with Crippen LogP contribution in [0.15, 0.2) is 121 Å². The summed E-state index contributed by atoms with van der Waals surface area (Å²) in [5.74, 6) is -1.00. The lowest BCUT2D eigenvalue weighted by Gasteiger charge is -2.11. The Morgan fingerprint density at radius 3 is 1.93 bits per heavy atom. The predicted molar refractivity (Wildman–Crippen MR) is 170 cm³/mol. The average molecular weight is 616 g/mol. The molecule has 10 heteroatoms. The molecule has 0 atom stereocenters. The van der Waals surface area contributed by atoms with Gasteiger partial charge in [-0.2, -0.15) is 0 Å². The van der Waals surface area contributed by atoms with Crippen molar-refractivity contribution in [1.29, 1.82) is 0 Å². The maximum Gasteiger partial charge on any atom is 0.338 e. The molecule has 0 amide bonds. The Hall–Kier alpha value is -5.93. The Kier molecular flexibility index (Phi) is 8.26. The highest BCUT2D eigenvalue weighted by Gasteiger charge is 2.20. The SMILES string of the molecule is O=C(COC(=O)c1ccc2nc(-c3ccccc3)c(-c3ccccc3)nc2c1)c1ccc(Oc2c(Cl)cccc2[N+](=O)[O-])cc1. The predicted octanol–water partition coefficient (Wildman–Crippen LogP) is 8.36. The van der Waals surface area contributed by atoms with Gasteiger partial charge in [-0.15, -0.1) is 0 Å². The van der Waals surface area contributed by atoms with E-state index < -0.39 is 23.3 Å². The summed E-state index contributed by atoms with van der Waals surface area (Å²) in [6.07, 6.45) is 0. The largest absolute Gasteiger partial charge is 0.454 e. The van der Waals surface area contributed by atoms with Crippen LogP contribution in [0.3, 0.4) is 0 Å². The highest BCUT2D eigenvalue weighted by molar-refractivity contribution is 6.32. The van der Waals surface area contributed by atoms with Crippen molar-refractivity contribution in [3.63, 3.8) is 0 Å². The first-order valence-corrected chi connectivity index (χ1v) is 14.1. The van der Waals surface area contributed by atoms with E-state index in [1.54, 1.807) is 18.2 Å². The fourth-order valence-electron chi connectivity index (χ4n) is 4.64. The number of rotatable bonds is 9. The van der Waals surface area contributed by atoms with Gasteiger partial charge in [-0.25, -0.2) is 14.8 Å². The molecule has 9 nitrogen and oxygen atoms in total. The van der Waals surface area contributed by atoms with E-state index in [2.05, 4.69) is 0 Å². The standard InChI is InChI=1S/C35H22ClN3O6/c36-27-12-7-13-30(39(42)43)34(27)45-26-17-14-22(15-18-26)31(40)21-44-35(41)25-16-19-28-29(20-25)38-33(24-10-5-2-6-11-24)32(37-28)23-8-3-1-4-9-23/h1-20H,21H2. The molecule has 0 fully saturated rings. The molecule has 0 bridgehead atoms. The maximum atomic E-state index is 12.9. The zero-order valence-electron chi connectivity index (χ0n) is 23.4. The number of hydrogen-bond acceptors (Lipinski definition) is 8. The number of ether oxygens (including phenoxy) is 2. The summed E-state index contributed by atoms with van der Waals surface area (Å²) < 4.78 is 10.9. The molecule has 0 saturated carbocycles. The van der Waals surface area contributed by atoms with Gasteiger partial charge in [-0.1, -0.05) is 78.3 Å². The van der Waals surface area contributed by atoms with Crippen LogP contribution in [0, 0.1) is 10.1 Å². The van der Waals surface area contributed by atoms with Gasteiger partial charge in [0, 0.05) is 22.8 Å². The summed E-state index contributed by atoms with van der Waals surface area (Å²) in [7, 11) is 0. The zero-order chi connectivity index (χ0) is 31.3. The third kappa shape index (κ3) is 6.39. The van der Waals surface area contributed by atoms with Crippen LogP contribution < -0.4 is 4.74 Å². The molecule has 220 valence electrons. The molecule has 45 heavy (non-hydrogen) atoms. The normalized spacial score (nSPS) is 10.8. The third-order valence-corrected chi connectivity index (χ3v) is 7.17. The van der Waals surface area contributed by atoms with Crippen molar-refractivity contribution in [1.82, 2.24) is 9.97 Å². The summed E-state index contributed by atoms with van der Waals surface area (Å²) in [5, 5.41) is 11.4. The van der Waals surface area contributed by atoms with E-state index in [0.717, 1.165) is 16.8 Å². The molecule has 0 unspecified atom stereocenters. The summed E-state index contributed by atoms with van der Waals surface area (Å²) in [6, 6.07) is 34.4. The molecule has 0 aliphatic heterocycles. The van der Waals surface area contributed by atoms with Crippen molar-refractivity contribution in [2.75, 3.05) is 6.61 Å². The average Bonchev–Trinajstić information content (AvgIpc) is 3.08. The molecule has 0 N–H and O–H groups in total. The van der Waals surface area contributed by atoms with E-state index in [9.17, 15) is 19.7 Å². The minimum atomic E-state index is -0.688. The Balaban J connectivity index is 1.17. The number of esters is 1. The zero-order valence-corrected chi connectivity index (χ0v) is 24.2. The molecule has 6 rings (SSSR count). The first kappa shape index (κ1) is 29.2. The third-order valence-electron chi connectivity index (χ3n) is 6.87. The number of carbonyl (C=O) groups excluding carboxylic acids is 2. The van der Waals surface area contributed by atoms with Crippen LogP contribution in [0.5, 0.6) is 11.5 Å². The van der Waals surface area contributed by atoms with Crippen LogP contribution in [0.2, 0.25) is 5.02 Å². The van der Waals surface area contributed by atoms with Gasteiger partial charge < -0.3 is 9.47 Å². The highest BCUT2D eigenvalue weighted by atomic mass is 35.5. The Bertz CT molecular complexity index is 2050. The minimum absolute atomic E-state index is 0.0730. The first-order chi connectivity index (χ1) is 21.9. The second kappa shape index (κ2) is 12.7. The summed E-state index contributed by atoms with van der Waals surface area (Å²) in [5.41, 5.74) is 4.48. The van der Waals surface area contributed by atoms with Crippen LogP contribution in [0.1, 0.15) is 20.7 Å². The second-order valence-corrected chi connectivity index (χ2v) is 10.2. The van der Waals surface area contributed by atoms with Crippen LogP contribution >= 0.6 is 11.6 Å². The van der Waals surface area contributed by atoms with Gasteiger partial charge in [-0.05, 0) is 48.5 Å². The monoisotopic (exact) mass is 615 g/mol. The molecular weight excluding hydrogens is 594 g/mol. The summed E-state index contributed by atoms with van der Waals surface area (Å²) in [4.78, 5) is 46.2. The fourth-order valence-corrected chi connectivity index (χ4v) is 4.85. The smallest absolute Gasteiger partial charge is 0.338 e. The van der Waals surface area contributed by atoms with Gasteiger partial charge >= 0.3 is 11.7 Å². The molecule has 1 heterocycles. The number of ketones is 1. The first-order valence-electron chi connectivity index (χ1n) is 13.7. The number of carbonyl (C=O) groups is 2. The molecule has 0 aliphatic rings. The molecule has 5 aromatic carbocycles. The van der Waals surface area contributed by atoms with Crippen molar-refractivity contribution in [3.05, 3.63) is 148 Å². The van der Waals surface area contributed by atoms with Crippen LogP contribution in [-0.2, 0) is 4.74 Å². The van der Waals surface area contributed by atoms with Crippen LogP contribution in [-0.4, -0.2) is 33.3 Å². The van der Waals surface area contributed by atoms with E-state index in [1.165, 1.54) is 42.5 Å². The minimum Gasteiger partial charge on any atom is -0.454 e. The summed E-state index contributed by atoms with van der Waals surface area (Å²) >= 11 is 6.09. The Morgan fingerprint density at radius 2 is 1.31 bits per heavy atom. The molecule has 6 aromatic rings. The number of aromatic nitrogens is 2. The van der Waals surface area contributed by atoms with E-state index in [-0.39, 0.29) is 33.3 Å². The van der Waals surface area contributed by atoms with Crippen molar-refractivity contribution in [3.8, 4) is 34.0 Å². The quantitative estimate of drug-likeness (QED) is 0.0688. The Labute approximate surface area is 261 Å². The number of para-hydroxylation sites is 1. The second-order valence-electron chi connectivity index (χ2n) is 9.83. The molecular formula is C35H22ClN3O6. The van der Waals surface area contributed by atoms with E-state index in [1.807, 2.05) is 60.7 Å². The number of benzene rings is 5. The number of nitrogens with zero attached hydrogens (tertiary/aromatic N) is 3. The molecule has 0 radical (unpaired) electrons.